The van der Waals surface area contributed by atoms with Gasteiger partial charge in [0.25, 0.3) is 0 Å². The van der Waals surface area contributed by atoms with Crippen molar-refractivity contribution in [2.75, 3.05) is 6.61 Å². The number of esters is 1. The number of ether oxygens (including phenoxy) is 1. The first kappa shape index (κ1) is 25.4. The predicted octanol–water partition coefficient (Wildman–Crippen LogP) is -0.136. The number of hydrogen-bond acceptors (Lipinski definition) is 9. The molecule has 0 aliphatic carbocycles. The number of imide groups is 4. The molecule has 0 N–H and O–H groups in total. The Bertz CT molecular complexity index is 633. The van der Waals surface area contributed by atoms with Gasteiger partial charge in [-0.1, -0.05) is 0 Å². The molecule has 2 aliphatic rings. The summed E-state index contributed by atoms with van der Waals surface area (Å²) in [5.41, 5.74) is 0. The number of carbonyl (C=O) groups is 7. The normalized spacial score (nSPS) is 15.1. The van der Waals surface area contributed by atoms with Crippen LogP contribution in [0.25, 0.3) is 5.32 Å². The molecule has 11 nitrogen and oxygen atoms in total. The Hall–Kier alpha value is -2.60. The van der Waals surface area contributed by atoms with Crippen LogP contribution in [0.4, 0.5) is 0 Å². The number of hydrogen-bond donors (Lipinski definition) is 0. The number of rotatable bonds is 6. The summed E-state index contributed by atoms with van der Waals surface area (Å²) in [4.78, 5) is 76.8. The van der Waals surface area contributed by atoms with Crippen LogP contribution in [0.1, 0.15) is 44.9 Å². The molecule has 28 heavy (non-hydrogen) atoms. The number of carbonyl (C=O) groups excluding carboxylic acids is 7. The van der Waals surface area contributed by atoms with Crippen molar-refractivity contribution >= 4 is 41.3 Å². The van der Waals surface area contributed by atoms with Crippen LogP contribution in [0.5, 0.6) is 0 Å². The summed E-state index contributed by atoms with van der Waals surface area (Å²) < 4.78 is 12.5. The van der Waals surface area contributed by atoms with Crippen molar-refractivity contribution in [1.29, 1.82) is 0 Å². The molecule has 2 fully saturated rings. The van der Waals surface area contributed by atoms with Gasteiger partial charge >= 0.3 is 25.5 Å². The Morgan fingerprint density at radius 1 is 0.929 bits per heavy atom. The van der Waals surface area contributed by atoms with Gasteiger partial charge in [-0.25, -0.2) is 4.90 Å². The summed E-state index contributed by atoms with van der Waals surface area (Å²) in [6.07, 6.45) is 0.121. The minimum absolute atomic E-state index is 0.0169. The van der Waals surface area contributed by atoms with E-state index in [1.54, 1.807) is 0 Å². The molecule has 2 rings (SSSR count). The molecule has 0 unspecified atom stereocenters. The van der Waals surface area contributed by atoms with Gasteiger partial charge in [0.15, 0.2) is 0 Å². The monoisotopic (exact) mass is 441 g/mol. The van der Waals surface area contributed by atoms with Crippen LogP contribution in [0.2, 0.25) is 0 Å². The van der Waals surface area contributed by atoms with E-state index >= 15 is 0 Å². The van der Waals surface area contributed by atoms with Crippen molar-refractivity contribution < 1.29 is 57.8 Å². The van der Waals surface area contributed by atoms with Crippen LogP contribution in [0.3, 0.4) is 0 Å². The summed E-state index contributed by atoms with van der Waals surface area (Å²) >= 11 is 2.31. The van der Waals surface area contributed by atoms with Crippen molar-refractivity contribution in [1.82, 2.24) is 4.90 Å². The van der Waals surface area contributed by atoms with E-state index < -0.39 is 23.7 Å². The van der Waals surface area contributed by atoms with Crippen molar-refractivity contribution in [3.63, 3.8) is 0 Å². The number of nitrogens with zero attached hydrogens (tertiary/aromatic N) is 2. The van der Waals surface area contributed by atoms with Crippen LogP contribution < -0.4 is 0 Å². The first-order chi connectivity index (χ1) is 13.2. The first-order valence-corrected chi connectivity index (χ1v) is 8.43. The van der Waals surface area contributed by atoms with Gasteiger partial charge in [0, 0.05) is 19.3 Å². The van der Waals surface area contributed by atoms with Gasteiger partial charge in [-0.2, -0.15) is 0 Å². The minimum atomic E-state index is -0.728. The van der Waals surface area contributed by atoms with Gasteiger partial charge in [-0.05, 0) is 12.8 Å². The third-order valence-corrected chi connectivity index (χ3v) is 3.32. The Morgan fingerprint density at radius 3 is 1.82 bits per heavy atom. The van der Waals surface area contributed by atoms with E-state index in [1.807, 2.05) is 0 Å². The summed E-state index contributed by atoms with van der Waals surface area (Å²) in [6.45, 7) is 2.95. The summed E-state index contributed by atoms with van der Waals surface area (Å²) in [5, 5.41) is 3.11. The van der Waals surface area contributed by atoms with Crippen molar-refractivity contribution in [3.05, 3.63) is 12.2 Å². The van der Waals surface area contributed by atoms with Gasteiger partial charge in [-0.3, -0.25) is 24.0 Å². The topological polar surface area (TPSA) is 163 Å². The van der Waals surface area contributed by atoms with E-state index in [0.29, 0.717) is 17.7 Å². The second kappa shape index (κ2) is 13.5. The quantitative estimate of drug-likeness (QED) is 0.310. The van der Waals surface area contributed by atoms with Crippen molar-refractivity contribution in [2.24, 2.45) is 0 Å². The number of ketones is 1. The van der Waals surface area contributed by atoms with Gasteiger partial charge in [0.05, 0.1) is 18.2 Å². The van der Waals surface area contributed by atoms with Crippen LogP contribution >= 0.6 is 0 Å². The fourth-order valence-electron chi connectivity index (χ4n) is 1.95. The average Bonchev–Trinajstić information content (AvgIpc) is 3.23. The molecule has 0 saturated carbocycles. The van der Waals surface area contributed by atoms with E-state index in [9.17, 15) is 33.6 Å². The zero-order valence-electron chi connectivity index (χ0n) is 14.8. The Balaban J connectivity index is 0.000000670. The maximum absolute atomic E-state index is 11.6. The average molecular weight is 441 g/mol. The third kappa shape index (κ3) is 9.37. The van der Waals surface area contributed by atoms with E-state index in [-0.39, 0.29) is 56.3 Å². The molecule has 5 amide bonds. The van der Waals surface area contributed by atoms with Gasteiger partial charge in [-0.15, -0.1) is 6.42 Å². The molecular weight excluding hydrogens is 423 g/mol. The molecule has 12 heteroatoms. The van der Waals surface area contributed by atoms with Crippen molar-refractivity contribution in [3.8, 4) is 0 Å². The van der Waals surface area contributed by atoms with Crippen LogP contribution in [-0.2, 0) is 57.8 Å². The van der Waals surface area contributed by atoms with E-state index in [1.165, 1.54) is 0 Å². The molecule has 0 aromatic rings. The molecule has 0 radical (unpaired) electrons. The maximum atomic E-state index is 11.6. The van der Waals surface area contributed by atoms with E-state index in [2.05, 4.69) is 32.6 Å². The Labute approximate surface area is 168 Å². The molecule has 0 aromatic carbocycles. The molecule has 157 valence electrons. The Morgan fingerprint density at radius 2 is 1.43 bits per heavy atom. The van der Waals surface area contributed by atoms with E-state index in [0.717, 1.165) is 0 Å². The molecular formula is C16H18CoN2O9-2. The zero-order chi connectivity index (χ0) is 21.7. The van der Waals surface area contributed by atoms with Gasteiger partial charge < -0.3 is 26.6 Å². The van der Waals surface area contributed by atoms with Crippen molar-refractivity contribution in [2.45, 2.75) is 44.9 Å². The molecule has 2 heterocycles. The van der Waals surface area contributed by atoms with Gasteiger partial charge in [0.1, 0.15) is 12.4 Å². The van der Waals surface area contributed by atoms with Crippen LogP contribution in [-0.4, -0.2) is 52.8 Å². The summed E-state index contributed by atoms with van der Waals surface area (Å²) in [7, 11) is 0. The Kier molecular flexibility index (Phi) is 12.3. The zero-order valence-corrected chi connectivity index (χ0v) is 15.8. The molecule has 0 atom stereocenters. The SMILES string of the molecule is O=C1CCC(=O)[N-]1.[CH2-]CC(=O)COC(=O)CCC(=O)N1C(=O)CCC1=O.[O]=[Co]. The number of amides is 5. The second-order valence-corrected chi connectivity index (χ2v) is 5.37. The second-order valence-electron chi connectivity index (χ2n) is 5.37. The van der Waals surface area contributed by atoms with E-state index in [4.69, 9.17) is 3.87 Å². The van der Waals surface area contributed by atoms with Crippen LogP contribution in [0, 0.1) is 6.92 Å². The summed E-state index contributed by atoms with van der Waals surface area (Å²) in [5.74, 6) is -3.41. The van der Waals surface area contributed by atoms with Crippen LogP contribution in [0.15, 0.2) is 0 Å². The first-order valence-electron chi connectivity index (χ1n) is 8.00. The fraction of sp³-hybridized carbons (Fsp3) is 0.500. The molecule has 2 saturated heterocycles. The fourth-order valence-corrected chi connectivity index (χ4v) is 1.95. The third-order valence-electron chi connectivity index (χ3n) is 3.32. The number of likely N-dealkylation sites (tertiary alicyclic amines) is 1. The molecule has 0 aromatic heterocycles. The number of Topliss-reactive ketones (excluding diaryl/α,β-unsaturated/α-hetero) is 1. The van der Waals surface area contributed by atoms with Gasteiger partial charge in [0.2, 0.25) is 17.7 Å². The molecule has 2 aliphatic heterocycles. The molecule has 0 spiro atoms. The summed E-state index contributed by atoms with van der Waals surface area (Å²) in [6, 6.07) is 0. The molecule has 0 bridgehead atoms. The standard InChI is InChI=1S/C12H14NO6.C4H5NO2.Co.O/c1-2-8(14)7-19-12(18)6-5-11(17)13-9(15)3-4-10(13)16;6-3-1-2-4(7)5-3;;/h1-7H2;1-2H2,(H,5,6,7);;/q-1;;;/p-1. The predicted molar refractivity (Wildman–Crippen MR) is 84.6 cm³/mol.